The van der Waals surface area contributed by atoms with Gasteiger partial charge in [-0.05, 0) is 43.2 Å². The molecule has 1 atom stereocenters. The van der Waals surface area contributed by atoms with Crippen LogP contribution in [-0.2, 0) is 6.42 Å². The number of nitrogens with zero attached hydrogens (tertiary/aromatic N) is 2. The van der Waals surface area contributed by atoms with Gasteiger partial charge >= 0.3 is 0 Å². The topological polar surface area (TPSA) is 41.6 Å². The van der Waals surface area contributed by atoms with Crippen molar-refractivity contribution in [3.63, 3.8) is 0 Å². The van der Waals surface area contributed by atoms with E-state index in [4.69, 9.17) is 17.3 Å². The highest BCUT2D eigenvalue weighted by atomic mass is 35.5. The highest BCUT2D eigenvalue weighted by Crippen LogP contribution is 2.31. The molecule has 21 heavy (non-hydrogen) atoms. The third-order valence-electron chi connectivity index (χ3n) is 3.86. The normalized spacial score (nSPS) is 21.4. The summed E-state index contributed by atoms with van der Waals surface area (Å²) in [5.74, 6) is 0.581. The molecule has 3 rings (SSSR count). The summed E-state index contributed by atoms with van der Waals surface area (Å²) in [4.78, 5) is 6.58. The number of hydrogen-bond acceptors (Lipinski definition) is 3. The lowest BCUT2D eigenvalue weighted by Crippen LogP contribution is -2.51. The Bertz CT molecular complexity index is 651. The molecule has 4 heteroatoms. The van der Waals surface area contributed by atoms with Crippen molar-refractivity contribution < 1.29 is 0 Å². The molecule has 2 N–H and O–H groups in total. The standard InChI is InChI=1S/C17H18ClN3/c1-17(11-13-7-9-14(18)10-8-13)12-20-16(19)21(17)15-5-3-2-4-6-15/h2-10H,11-12H2,1H3,(H2,19,20). The minimum atomic E-state index is -0.154. The molecule has 1 aliphatic rings. The minimum absolute atomic E-state index is 0.154. The lowest BCUT2D eigenvalue weighted by molar-refractivity contribution is 0.500. The van der Waals surface area contributed by atoms with Crippen molar-refractivity contribution >= 4 is 23.2 Å². The van der Waals surface area contributed by atoms with Gasteiger partial charge in [-0.25, -0.2) is 0 Å². The number of para-hydroxylation sites is 1. The molecule has 1 heterocycles. The van der Waals surface area contributed by atoms with Gasteiger partial charge in [-0.3, -0.25) is 4.99 Å². The Morgan fingerprint density at radius 3 is 2.48 bits per heavy atom. The van der Waals surface area contributed by atoms with Crippen molar-refractivity contribution in [3.05, 3.63) is 65.2 Å². The summed E-state index contributed by atoms with van der Waals surface area (Å²) in [6, 6.07) is 18.1. The lowest BCUT2D eigenvalue weighted by Gasteiger charge is -2.36. The number of guanidine groups is 1. The summed E-state index contributed by atoms with van der Waals surface area (Å²) in [5, 5.41) is 0.756. The van der Waals surface area contributed by atoms with Crippen LogP contribution in [0.25, 0.3) is 0 Å². The summed E-state index contributed by atoms with van der Waals surface area (Å²) in [5.41, 5.74) is 8.27. The van der Waals surface area contributed by atoms with E-state index in [9.17, 15) is 0 Å². The van der Waals surface area contributed by atoms with E-state index in [2.05, 4.69) is 41.1 Å². The van der Waals surface area contributed by atoms with Gasteiger partial charge in [0.2, 0.25) is 0 Å². The first-order chi connectivity index (χ1) is 10.1. The highest BCUT2D eigenvalue weighted by molar-refractivity contribution is 6.30. The molecule has 0 saturated carbocycles. The number of nitrogens with two attached hydrogens (primary N) is 1. The minimum Gasteiger partial charge on any atom is -0.369 e. The smallest absolute Gasteiger partial charge is 0.196 e. The molecule has 0 spiro atoms. The third-order valence-corrected chi connectivity index (χ3v) is 4.12. The molecule has 1 aliphatic heterocycles. The maximum absolute atomic E-state index is 6.12. The van der Waals surface area contributed by atoms with Crippen molar-refractivity contribution in [2.45, 2.75) is 18.9 Å². The second kappa shape index (κ2) is 5.41. The van der Waals surface area contributed by atoms with Crippen LogP contribution in [-0.4, -0.2) is 18.0 Å². The predicted molar refractivity (Wildman–Crippen MR) is 89.0 cm³/mol. The fraction of sp³-hybridized carbons (Fsp3) is 0.235. The second-order valence-corrected chi connectivity index (χ2v) is 6.08. The summed E-state index contributed by atoms with van der Waals surface area (Å²) in [6.45, 7) is 2.88. The average molecular weight is 300 g/mol. The molecule has 1 unspecified atom stereocenters. The van der Waals surface area contributed by atoms with Gasteiger partial charge in [-0.1, -0.05) is 41.9 Å². The summed E-state index contributed by atoms with van der Waals surface area (Å²) in [7, 11) is 0. The molecule has 0 radical (unpaired) electrons. The molecule has 0 aliphatic carbocycles. The van der Waals surface area contributed by atoms with Crippen molar-refractivity contribution in [2.75, 3.05) is 11.4 Å². The zero-order chi connectivity index (χ0) is 14.9. The van der Waals surface area contributed by atoms with Gasteiger partial charge in [0, 0.05) is 10.7 Å². The van der Waals surface area contributed by atoms with E-state index in [0.29, 0.717) is 12.5 Å². The first-order valence-electron chi connectivity index (χ1n) is 6.98. The SMILES string of the molecule is CC1(Cc2ccc(Cl)cc2)CN=C(N)N1c1ccccc1. The van der Waals surface area contributed by atoms with Crippen LogP contribution in [0.3, 0.4) is 0 Å². The van der Waals surface area contributed by atoms with E-state index in [1.165, 1.54) is 5.56 Å². The van der Waals surface area contributed by atoms with Crippen molar-refractivity contribution in [2.24, 2.45) is 10.7 Å². The number of anilines is 1. The largest absolute Gasteiger partial charge is 0.369 e. The summed E-state index contributed by atoms with van der Waals surface area (Å²) in [6.07, 6.45) is 0.864. The van der Waals surface area contributed by atoms with E-state index >= 15 is 0 Å². The van der Waals surface area contributed by atoms with Gasteiger partial charge < -0.3 is 10.6 Å². The third kappa shape index (κ3) is 2.74. The van der Waals surface area contributed by atoms with Crippen LogP contribution in [0, 0.1) is 0 Å². The van der Waals surface area contributed by atoms with E-state index < -0.39 is 0 Å². The van der Waals surface area contributed by atoms with E-state index in [-0.39, 0.29) is 5.54 Å². The Morgan fingerprint density at radius 2 is 1.81 bits per heavy atom. The predicted octanol–water partition coefficient (Wildman–Crippen LogP) is 3.48. The van der Waals surface area contributed by atoms with Crippen LogP contribution in [0.1, 0.15) is 12.5 Å². The van der Waals surface area contributed by atoms with Crippen molar-refractivity contribution in [1.82, 2.24) is 0 Å². The van der Waals surface area contributed by atoms with Crippen LogP contribution in [0.2, 0.25) is 5.02 Å². The van der Waals surface area contributed by atoms with E-state index in [1.807, 2.05) is 30.3 Å². The van der Waals surface area contributed by atoms with Crippen LogP contribution in [0.4, 0.5) is 5.69 Å². The van der Waals surface area contributed by atoms with Gasteiger partial charge in [0.25, 0.3) is 0 Å². The van der Waals surface area contributed by atoms with Crippen LogP contribution in [0.5, 0.6) is 0 Å². The summed E-state index contributed by atoms with van der Waals surface area (Å²) < 4.78 is 0. The first kappa shape index (κ1) is 14.0. The van der Waals surface area contributed by atoms with Crippen LogP contribution in [0.15, 0.2) is 59.6 Å². The van der Waals surface area contributed by atoms with Gasteiger partial charge in [-0.2, -0.15) is 0 Å². The van der Waals surface area contributed by atoms with Crippen LogP contribution >= 0.6 is 11.6 Å². The number of rotatable bonds is 3. The average Bonchev–Trinajstić information content (AvgIpc) is 2.78. The van der Waals surface area contributed by atoms with Gasteiger partial charge in [-0.15, -0.1) is 0 Å². The molecular weight excluding hydrogens is 282 g/mol. The molecule has 2 aromatic rings. The Hall–Kier alpha value is -2.00. The second-order valence-electron chi connectivity index (χ2n) is 5.65. The molecule has 108 valence electrons. The quantitative estimate of drug-likeness (QED) is 0.943. The molecule has 0 saturated heterocycles. The lowest BCUT2D eigenvalue weighted by atomic mass is 9.91. The number of benzene rings is 2. The first-order valence-corrected chi connectivity index (χ1v) is 7.36. The molecular formula is C17H18ClN3. The monoisotopic (exact) mass is 299 g/mol. The molecule has 3 nitrogen and oxygen atoms in total. The number of halogens is 1. The molecule has 0 bridgehead atoms. The molecule has 2 aromatic carbocycles. The zero-order valence-electron chi connectivity index (χ0n) is 12.0. The Kier molecular flexibility index (Phi) is 3.60. The maximum atomic E-state index is 6.12. The van der Waals surface area contributed by atoms with Crippen LogP contribution < -0.4 is 10.6 Å². The van der Waals surface area contributed by atoms with Gasteiger partial charge in [0.1, 0.15) is 0 Å². The molecule has 0 fully saturated rings. The molecule has 0 amide bonds. The van der Waals surface area contributed by atoms with Gasteiger partial charge in [0.15, 0.2) is 5.96 Å². The molecule has 0 aromatic heterocycles. The Labute approximate surface area is 130 Å². The fourth-order valence-electron chi connectivity index (χ4n) is 2.87. The number of hydrogen-bond donors (Lipinski definition) is 1. The van der Waals surface area contributed by atoms with Crippen molar-refractivity contribution in [3.8, 4) is 0 Å². The van der Waals surface area contributed by atoms with Gasteiger partial charge in [0.05, 0.1) is 12.1 Å². The van der Waals surface area contributed by atoms with E-state index in [1.54, 1.807) is 0 Å². The summed E-state index contributed by atoms with van der Waals surface area (Å²) >= 11 is 5.96. The Morgan fingerprint density at radius 1 is 1.14 bits per heavy atom. The maximum Gasteiger partial charge on any atom is 0.196 e. The zero-order valence-corrected chi connectivity index (χ0v) is 12.7. The van der Waals surface area contributed by atoms with E-state index in [0.717, 1.165) is 17.1 Å². The van der Waals surface area contributed by atoms with Crippen molar-refractivity contribution in [1.29, 1.82) is 0 Å². The fourth-order valence-corrected chi connectivity index (χ4v) is 2.99. The Balaban J connectivity index is 1.90. The number of aliphatic imine (C=N–C) groups is 1. The highest BCUT2D eigenvalue weighted by Gasteiger charge is 2.38.